The van der Waals surface area contributed by atoms with E-state index in [2.05, 4.69) is 5.32 Å². The summed E-state index contributed by atoms with van der Waals surface area (Å²) in [5.41, 5.74) is 0.330. The zero-order valence-corrected chi connectivity index (χ0v) is 11.1. The van der Waals surface area contributed by atoms with E-state index in [0.29, 0.717) is 5.69 Å². The molecule has 3 nitrogen and oxygen atoms in total. The van der Waals surface area contributed by atoms with E-state index in [-0.39, 0.29) is 18.1 Å². The summed E-state index contributed by atoms with van der Waals surface area (Å²) in [6.07, 6.45) is 0. The molecule has 0 heterocycles. The van der Waals surface area contributed by atoms with Crippen LogP contribution in [0.1, 0.15) is 20.8 Å². The molecule has 0 saturated heterocycles. The molecule has 0 aliphatic rings. The molecular weight excluding hydrogens is 241 g/mol. The molecule has 1 rings (SSSR count). The smallest absolute Gasteiger partial charge is 0.156 e. The number of rotatable bonds is 4. The average molecular weight is 259 g/mol. The second-order valence-corrected chi connectivity index (χ2v) is 7.70. The highest BCUT2D eigenvalue weighted by molar-refractivity contribution is 7.92. The number of hydrogen-bond donors (Lipinski definition) is 1. The van der Waals surface area contributed by atoms with Crippen LogP contribution >= 0.6 is 0 Å². The van der Waals surface area contributed by atoms with E-state index in [1.165, 1.54) is 6.07 Å². The van der Waals surface area contributed by atoms with E-state index in [1.54, 1.807) is 39.0 Å². The van der Waals surface area contributed by atoms with Crippen LogP contribution in [0, 0.1) is 5.82 Å². The normalized spacial score (nSPS) is 12.5. The number of anilines is 1. The lowest BCUT2D eigenvalue weighted by molar-refractivity contribution is 0.560. The van der Waals surface area contributed by atoms with E-state index in [0.717, 1.165) is 0 Å². The van der Waals surface area contributed by atoms with Crippen molar-refractivity contribution in [3.63, 3.8) is 0 Å². The fourth-order valence-corrected chi connectivity index (χ4v) is 2.21. The Kier molecular flexibility index (Phi) is 4.14. The maximum absolute atomic E-state index is 13.2. The first-order valence-corrected chi connectivity index (χ1v) is 7.10. The van der Waals surface area contributed by atoms with Gasteiger partial charge in [-0.05, 0) is 32.9 Å². The van der Waals surface area contributed by atoms with E-state index >= 15 is 0 Å². The van der Waals surface area contributed by atoms with E-state index in [4.69, 9.17) is 0 Å². The van der Waals surface area contributed by atoms with Gasteiger partial charge < -0.3 is 5.32 Å². The maximum Gasteiger partial charge on any atom is 0.156 e. The lowest BCUT2D eigenvalue weighted by atomic mass is 10.3. The molecule has 0 spiro atoms. The quantitative estimate of drug-likeness (QED) is 0.903. The molecular formula is C12H18FNO2S. The van der Waals surface area contributed by atoms with Crippen LogP contribution in [-0.4, -0.2) is 25.5 Å². The molecule has 0 bridgehead atoms. The van der Waals surface area contributed by atoms with Crippen molar-refractivity contribution in [2.24, 2.45) is 0 Å². The lowest BCUT2D eigenvalue weighted by Gasteiger charge is -2.19. The molecule has 1 aromatic carbocycles. The number of sulfone groups is 1. The predicted molar refractivity (Wildman–Crippen MR) is 68.4 cm³/mol. The lowest BCUT2D eigenvalue weighted by Crippen LogP contribution is -2.32. The van der Waals surface area contributed by atoms with Crippen LogP contribution in [0.5, 0.6) is 0 Å². The first-order chi connectivity index (χ1) is 7.74. The van der Waals surface area contributed by atoms with Gasteiger partial charge in [0.05, 0.1) is 16.2 Å². The largest absolute Gasteiger partial charge is 0.382 e. The number of para-hydroxylation sites is 1. The van der Waals surface area contributed by atoms with Gasteiger partial charge in [-0.25, -0.2) is 12.8 Å². The first kappa shape index (κ1) is 14.0. The van der Waals surface area contributed by atoms with Crippen molar-refractivity contribution in [1.29, 1.82) is 0 Å². The highest BCUT2D eigenvalue weighted by Gasteiger charge is 2.28. The van der Waals surface area contributed by atoms with Crippen LogP contribution in [0.25, 0.3) is 0 Å². The van der Waals surface area contributed by atoms with Gasteiger partial charge in [-0.15, -0.1) is 0 Å². The zero-order valence-electron chi connectivity index (χ0n) is 10.3. The Morgan fingerprint density at radius 3 is 2.35 bits per heavy atom. The van der Waals surface area contributed by atoms with Crippen molar-refractivity contribution in [3.8, 4) is 0 Å². The predicted octanol–water partition coefficient (Wildman–Crippen LogP) is 2.45. The number of benzene rings is 1. The molecule has 0 aromatic heterocycles. The van der Waals surface area contributed by atoms with Gasteiger partial charge in [-0.1, -0.05) is 12.1 Å². The molecule has 0 atom stereocenters. The minimum absolute atomic E-state index is 0.00909. The molecule has 1 N–H and O–H groups in total. The molecule has 0 amide bonds. The minimum Gasteiger partial charge on any atom is -0.382 e. The van der Waals surface area contributed by atoms with E-state index in [9.17, 15) is 12.8 Å². The Hall–Kier alpha value is -1.10. The van der Waals surface area contributed by atoms with Gasteiger partial charge in [0.25, 0.3) is 0 Å². The van der Waals surface area contributed by atoms with Gasteiger partial charge in [0.1, 0.15) is 5.82 Å². The molecule has 0 saturated carbocycles. The van der Waals surface area contributed by atoms with Crippen molar-refractivity contribution in [1.82, 2.24) is 0 Å². The summed E-state index contributed by atoms with van der Waals surface area (Å²) in [6, 6.07) is 6.20. The molecule has 0 fully saturated rings. The standard InChI is InChI=1S/C12H18FNO2S/c1-12(2,3)17(15,16)9-8-14-11-7-5-4-6-10(11)13/h4-7,14H,8-9H2,1-3H3. The Bertz CT molecular complexity index is 478. The molecule has 0 aliphatic heterocycles. The summed E-state index contributed by atoms with van der Waals surface area (Å²) in [5.74, 6) is -0.383. The molecule has 0 radical (unpaired) electrons. The Morgan fingerprint density at radius 2 is 1.82 bits per heavy atom. The SMILES string of the molecule is CC(C)(C)S(=O)(=O)CCNc1ccccc1F. The molecule has 0 aliphatic carbocycles. The third kappa shape index (κ3) is 3.70. The average Bonchev–Trinajstić information content (AvgIpc) is 2.19. The van der Waals surface area contributed by atoms with Gasteiger partial charge in [-0.2, -0.15) is 0 Å². The van der Waals surface area contributed by atoms with Crippen molar-refractivity contribution in [2.75, 3.05) is 17.6 Å². The highest BCUT2D eigenvalue weighted by Crippen LogP contribution is 2.16. The van der Waals surface area contributed by atoms with E-state index < -0.39 is 14.6 Å². The first-order valence-electron chi connectivity index (χ1n) is 5.45. The number of nitrogens with one attached hydrogen (secondary N) is 1. The van der Waals surface area contributed by atoms with Crippen LogP contribution in [0.2, 0.25) is 0 Å². The highest BCUT2D eigenvalue weighted by atomic mass is 32.2. The van der Waals surface area contributed by atoms with Crippen LogP contribution in [0.4, 0.5) is 10.1 Å². The third-order valence-corrected chi connectivity index (χ3v) is 5.10. The van der Waals surface area contributed by atoms with Crippen LogP contribution in [0.15, 0.2) is 24.3 Å². The van der Waals surface area contributed by atoms with E-state index in [1.807, 2.05) is 0 Å². The van der Waals surface area contributed by atoms with Crippen molar-refractivity contribution in [3.05, 3.63) is 30.1 Å². The minimum atomic E-state index is -3.17. The Labute approximate surface area is 102 Å². The third-order valence-electron chi connectivity index (χ3n) is 2.49. The summed E-state index contributed by atoms with van der Waals surface area (Å²) in [6.45, 7) is 5.18. The summed E-state index contributed by atoms with van der Waals surface area (Å²) < 4.78 is 36.0. The Morgan fingerprint density at radius 1 is 1.24 bits per heavy atom. The van der Waals surface area contributed by atoms with Crippen LogP contribution in [-0.2, 0) is 9.84 Å². The second kappa shape index (κ2) is 5.04. The summed E-state index contributed by atoms with van der Waals surface area (Å²) in [7, 11) is -3.17. The summed E-state index contributed by atoms with van der Waals surface area (Å²) in [4.78, 5) is 0. The van der Waals surface area contributed by atoms with Crippen molar-refractivity contribution in [2.45, 2.75) is 25.5 Å². The zero-order chi connectivity index (χ0) is 13.1. The molecule has 17 heavy (non-hydrogen) atoms. The molecule has 0 unspecified atom stereocenters. The van der Waals surface area contributed by atoms with Gasteiger partial charge in [-0.3, -0.25) is 0 Å². The molecule has 1 aromatic rings. The van der Waals surface area contributed by atoms with Gasteiger partial charge in [0, 0.05) is 6.54 Å². The molecule has 5 heteroatoms. The van der Waals surface area contributed by atoms with Crippen LogP contribution < -0.4 is 5.32 Å². The van der Waals surface area contributed by atoms with Crippen molar-refractivity contribution < 1.29 is 12.8 Å². The summed E-state index contributed by atoms with van der Waals surface area (Å²) >= 11 is 0. The summed E-state index contributed by atoms with van der Waals surface area (Å²) in [5, 5.41) is 2.79. The van der Waals surface area contributed by atoms with Gasteiger partial charge in [0.2, 0.25) is 0 Å². The topological polar surface area (TPSA) is 46.2 Å². The van der Waals surface area contributed by atoms with Crippen LogP contribution in [0.3, 0.4) is 0 Å². The van der Waals surface area contributed by atoms with Gasteiger partial charge >= 0.3 is 0 Å². The monoisotopic (exact) mass is 259 g/mol. The fraction of sp³-hybridized carbons (Fsp3) is 0.500. The fourth-order valence-electron chi connectivity index (χ4n) is 1.23. The van der Waals surface area contributed by atoms with Gasteiger partial charge in [0.15, 0.2) is 9.84 Å². The Balaban J connectivity index is 2.58. The van der Waals surface area contributed by atoms with Crippen molar-refractivity contribution >= 4 is 15.5 Å². The number of halogens is 1. The second-order valence-electron chi connectivity index (χ2n) is 4.84. The maximum atomic E-state index is 13.2. The number of hydrogen-bond acceptors (Lipinski definition) is 3. The molecule has 96 valence electrons.